The van der Waals surface area contributed by atoms with Crippen LogP contribution in [0.25, 0.3) is 0 Å². The molecule has 1 heterocycles. The van der Waals surface area contributed by atoms with Gasteiger partial charge in [-0.25, -0.2) is 0 Å². The first-order valence-corrected chi connectivity index (χ1v) is 4.37. The second kappa shape index (κ2) is 3.15. The Morgan fingerprint density at radius 2 is 1.62 bits per heavy atom. The Morgan fingerprint density at radius 3 is 1.88 bits per heavy atom. The molecule has 0 aromatic heterocycles. The highest BCUT2D eigenvalue weighted by Gasteiger charge is 2.14. The summed E-state index contributed by atoms with van der Waals surface area (Å²) in [5.41, 5.74) is 0. The van der Waals surface area contributed by atoms with Crippen LogP contribution < -0.4 is 10.6 Å². The van der Waals surface area contributed by atoms with E-state index in [0.717, 1.165) is 13.1 Å². The zero-order valence-electron chi connectivity index (χ0n) is 4.32. The van der Waals surface area contributed by atoms with E-state index in [4.69, 9.17) is 0 Å². The van der Waals surface area contributed by atoms with E-state index in [1.165, 1.54) is 0 Å². The fraction of sp³-hybridized carbons (Fsp3) is 1.00. The molecular formula is C4H8Br2N2. The molecule has 0 aliphatic carbocycles. The second-order valence-corrected chi connectivity index (χ2v) is 3.97. The SMILES string of the molecule is BrC1CNCC(Br)N1. The van der Waals surface area contributed by atoms with E-state index >= 15 is 0 Å². The molecule has 2 atom stereocenters. The van der Waals surface area contributed by atoms with Gasteiger partial charge in [-0.15, -0.1) is 0 Å². The minimum absolute atomic E-state index is 0.417. The number of halogens is 2. The van der Waals surface area contributed by atoms with Gasteiger partial charge < -0.3 is 5.32 Å². The summed E-state index contributed by atoms with van der Waals surface area (Å²) in [7, 11) is 0. The molecule has 0 aromatic rings. The molecule has 0 amide bonds. The summed E-state index contributed by atoms with van der Waals surface area (Å²) in [6.07, 6.45) is 0. The van der Waals surface area contributed by atoms with Crippen molar-refractivity contribution >= 4 is 31.9 Å². The molecule has 1 aliphatic heterocycles. The van der Waals surface area contributed by atoms with Gasteiger partial charge in [-0.05, 0) is 0 Å². The lowest BCUT2D eigenvalue weighted by atomic mass is 10.4. The van der Waals surface area contributed by atoms with Gasteiger partial charge in [-0.3, -0.25) is 5.32 Å². The standard InChI is InChI=1S/C4H8Br2N2/c5-3-1-7-2-4(6)8-3/h3-4,7-8H,1-2H2. The van der Waals surface area contributed by atoms with Gasteiger partial charge in [0.15, 0.2) is 0 Å². The Hall–Kier alpha value is 0.880. The highest BCUT2D eigenvalue weighted by molar-refractivity contribution is 9.10. The van der Waals surface area contributed by atoms with Crippen LogP contribution in [0.2, 0.25) is 0 Å². The van der Waals surface area contributed by atoms with Crippen LogP contribution in [0.1, 0.15) is 0 Å². The van der Waals surface area contributed by atoms with Gasteiger partial charge in [0.2, 0.25) is 0 Å². The predicted molar refractivity (Wildman–Crippen MR) is 41.4 cm³/mol. The number of alkyl halides is 2. The molecule has 2 N–H and O–H groups in total. The van der Waals surface area contributed by atoms with Crippen molar-refractivity contribution in [3.63, 3.8) is 0 Å². The zero-order chi connectivity index (χ0) is 5.98. The average Bonchev–Trinajstić information content (AvgIpc) is 1.64. The number of rotatable bonds is 0. The maximum atomic E-state index is 3.42. The van der Waals surface area contributed by atoms with Crippen LogP contribution in [0.5, 0.6) is 0 Å². The van der Waals surface area contributed by atoms with E-state index in [-0.39, 0.29) is 0 Å². The van der Waals surface area contributed by atoms with Gasteiger partial charge in [0.1, 0.15) is 0 Å². The Labute approximate surface area is 65.7 Å². The maximum Gasteiger partial charge on any atom is 0.0765 e. The van der Waals surface area contributed by atoms with Crippen LogP contribution in [-0.4, -0.2) is 23.0 Å². The van der Waals surface area contributed by atoms with E-state index in [1.54, 1.807) is 0 Å². The van der Waals surface area contributed by atoms with Gasteiger partial charge in [-0.1, -0.05) is 31.9 Å². The molecule has 1 aliphatic rings. The molecule has 0 bridgehead atoms. The monoisotopic (exact) mass is 242 g/mol. The van der Waals surface area contributed by atoms with E-state index in [9.17, 15) is 0 Å². The van der Waals surface area contributed by atoms with Gasteiger partial charge in [0.25, 0.3) is 0 Å². The molecule has 0 radical (unpaired) electrons. The van der Waals surface area contributed by atoms with Crippen molar-refractivity contribution in [2.75, 3.05) is 13.1 Å². The van der Waals surface area contributed by atoms with Crippen molar-refractivity contribution < 1.29 is 0 Å². The van der Waals surface area contributed by atoms with Crippen molar-refractivity contribution in [3.05, 3.63) is 0 Å². The third-order valence-electron chi connectivity index (χ3n) is 1.01. The summed E-state index contributed by atoms with van der Waals surface area (Å²) in [6.45, 7) is 2.00. The molecule has 0 saturated carbocycles. The third kappa shape index (κ3) is 2.01. The predicted octanol–water partition coefficient (Wildman–Crippen LogP) is 0.621. The fourth-order valence-corrected chi connectivity index (χ4v) is 2.10. The summed E-state index contributed by atoms with van der Waals surface area (Å²) in [5, 5.41) is 6.48. The van der Waals surface area contributed by atoms with Gasteiger partial charge in [0.05, 0.1) is 9.90 Å². The van der Waals surface area contributed by atoms with E-state index in [2.05, 4.69) is 42.5 Å². The molecule has 4 heteroatoms. The normalized spacial score (nSPS) is 39.8. The van der Waals surface area contributed by atoms with Gasteiger partial charge in [0, 0.05) is 13.1 Å². The third-order valence-corrected chi connectivity index (χ3v) is 2.18. The van der Waals surface area contributed by atoms with Crippen LogP contribution in [0.3, 0.4) is 0 Å². The average molecular weight is 244 g/mol. The molecular weight excluding hydrogens is 236 g/mol. The van der Waals surface area contributed by atoms with E-state index < -0.39 is 0 Å². The highest BCUT2D eigenvalue weighted by atomic mass is 79.9. The molecule has 1 rings (SSSR count). The smallest absolute Gasteiger partial charge is 0.0765 e. The van der Waals surface area contributed by atoms with Crippen molar-refractivity contribution in [3.8, 4) is 0 Å². The fourth-order valence-electron chi connectivity index (χ4n) is 0.651. The largest absolute Gasteiger partial charge is 0.312 e. The minimum Gasteiger partial charge on any atom is -0.312 e. The topological polar surface area (TPSA) is 24.1 Å². The Morgan fingerprint density at radius 1 is 1.12 bits per heavy atom. The minimum atomic E-state index is 0.417. The van der Waals surface area contributed by atoms with Crippen molar-refractivity contribution in [2.45, 2.75) is 9.90 Å². The molecule has 8 heavy (non-hydrogen) atoms. The molecule has 0 aromatic carbocycles. The Bertz CT molecular complexity index is 70.4. The molecule has 2 unspecified atom stereocenters. The van der Waals surface area contributed by atoms with Crippen molar-refractivity contribution in [2.24, 2.45) is 0 Å². The zero-order valence-corrected chi connectivity index (χ0v) is 7.50. The first kappa shape index (κ1) is 6.99. The first-order chi connectivity index (χ1) is 3.79. The molecule has 0 spiro atoms. The summed E-state index contributed by atoms with van der Waals surface area (Å²) in [5.74, 6) is 0. The second-order valence-electron chi connectivity index (χ2n) is 1.76. The van der Waals surface area contributed by atoms with Crippen LogP contribution in [0, 0.1) is 0 Å². The number of nitrogens with one attached hydrogen (secondary N) is 2. The quantitative estimate of drug-likeness (QED) is 0.482. The molecule has 1 fully saturated rings. The number of hydrogen-bond donors (Lipinski definition) is 2. The van der Waals surface area contributed by atoms with Crippen LogP contribution in [-0.2, 0) is 0 Å². The lowest BCUT2D eigenvalue weighted by Crippen LogP contribution is -2.49. The highest BCUT2D eigenvalue weighted by Crippen LogP contribution is 2.04. The van der Waals surface area contributed by atoms with E-state index in [0.29, 0.717) is 9.90 Å². The Kier molecular flexibility index (Phi) is 2.75. The van der Waals surface area contributed by atoms with Crippen LogP contribution in [0.4, 0.5) is 0 Å². The van der Waals surface area contributed by atoms with Gasteiger partial charge in [-0.2, -0.15) is 0 Å². The van der Waals surface area contributed by atoms with Crippen molar-refractivity contribution in [1.29, 1.82) is 0 Å². The molecule has 2 nitrogen and oxygen atoms in total. The molecule has 1 saturated heterocycles. The summed E-state index contributed by atoms with van der Waals surface area (Å²) < 4.78 is 0. The lowest BCUT2D eigenvalue weighted by molar-refractivity contribution is 0.492. The Balaban J connectivity index is 2.23. The molecule has 48 valence electrons. The number of hydrogen-bond acceptors (Lipinski definition) is 2. The van der Waals surface area contributed by atoms with Crippen molar-refractivity contribution in [1.82, 2.24) is 10.6 Å². The summed E-state index contributed by atoms with van der Waals surface area (Å²) in [4.78, 5) is 0.834. The van der Waals surface area contributed by atoms with Gasteiger partial charge >= 0.3 is 0 Å². The maximum absolute atomic E-state index is 3.42. The first-order valence-electron chi connectivity index (χ1n) is 2.54. The van der Waals surface area contributed by atoms with Crippen LogP contribution >= 0.6 is 31.9 Å². The lowest BCUT2D eigenvalue weighted by Gasteiger charge is -2.23. The van der Waals surface area contributed by atoms with Crippen LogP contribution in [0.15, 0.2) is 0 Å². The summed E-state index contributed by atoms with van der Waals surface area (Å²) >= 11 is 6.85. The van der Waals surface area contributed by atoms with E-state index in [1.807, 2.05) is 0 Å². The number of piperazine rings is 1. The summed E-state index contributed by atoms with van der Waals surface area (Å²) in [6, 6.07) is 0.